The molecule has 1 aromatic rings. The van der Waals surface area contributed by atoms with Crippen LogP contribution in [-0.4, -0.2) is 36.7 Å². The summed E-state index contributed by atoms with van der Waals surface area (Å²) in [5.74, 6) is -3.19. The lowest BCUT2D eigenvalue weighted by molar-refractivity contribution is -0.164. The molecule has 0 N–H and O–H groups in total. The normalized spacial score (nSPS) is 12.2. The van der Waals surface area contributed by atoms with E-state index < -0.39 is 48.0 Å². The van der Waals surface area contributed by atoms with Crippen LogP contribution < -0.4 is 4.74 Å². The van der Waals surface area contributed by atoms with Gasteiger partial charge in [-0.2, -0.15) is 13.2 Å². The van der Waals surface area contributed by atoms with Gasteiger partial charge in [0, 0.05) is 12.6 Å². The Bertz CT molecular complexity index is 536. The van der Waals surface area contributed by atoms with Crippen molar-refractivity contribution in [3.63, 3.8) is 0 Å². The van der Waals surface area contributed by atoms with Gasteiger partial charge < -0.3 is 9.64 Å². The van der Waals surface area contributed by atoms with E-state index in [0.29, 0.717) is 11.0 Å². The number of rotatable bonds is 5. The molecular formula is C15H18F5NO2. The van der Waals surface area contributed by atoms with Crippen molar-refractivity contribution < 1.29 is 31.5 Å². The first-order valence-corrected chi connectivity index (χ1v) is 6.80. The van der Waals surface area contributed by atoms with Gasteiger partial charge in [0.15, 0.2) is 18.2 Å². The Hall–Kier alpha value is -1.86. The van der Waals surface area contributed by atoms with Crippen LogP contribution in [-0.2, 0) is 4.79 Å². The van der Waals surface area contributed by atoms with Crippen LogP contribution in [0.4, 0.5) is 22.0 Å². The molecule has 130 valence electrons. The van der Waals surface area contributed by atoms with Gasteiger partial charge in [-0.25, -0.2) is 8.78 Å². The van der Waals surface area contributed by atoms with Crippen LogP contribution in [0, 0.1) is 17.0 Å². The minimum atomic E-state index is -4.55. The summed E-state index contributed by atoms with van der Waals surface area (Å²) in [4.78, 5) is 12.6. The van der Waals surface area contributed by atoms with Crippen LogP contribution in [0.3, 0.4) is 0 Å². The molecule has 8 heteroatoms. The summed E-state index contributed by atoms with van der Waals surface area (Å²) in [6.07, 6.45) is -4.55. The summed E-state index contributed by atoms with van der Waals surface area (Å²) >= 11 is 0. The highest BCUT2D eigenvalue weighted by atomic mass is 19.4. The molecule has 0 unspecified atom stereocenters. The Morgan fingerprint density at radius 3 is 2.22 bits per heavy atom. The molecule has 3 nitrogen and oxygen atoms in total. The molecule has 0 atom stereocenters. The van der Waals surface area contributed by atoms with E-state index in [9.17, 15) is 26.7 Å². The van der Waals surface area contributed by atoms with E-state index in [0.717, 1.165) is 12.1 Å². The van der Waals surface area contributed by atoms with Gasteiger partial charge in [0.1, 0.15) is 12.4 Å². The standard InChI is InChI=1S/C15H18F5NO2/c1-14(2,3)8-21(9-15(18,19)20)13(22)7-23-12-5-4-10(16)6-11(12)17/h4-6H,7-9H2,1-3H3. The second kappa shape index (κ2) is 7.14. The van der Waals surface area contributed by atoms with Crippen LogP contribution in [0.1, 0.15) is 20.8 Å². The van der Waals surface area contributed by atoms with Crippen molar-refractivity contribution in [1.82, 2.24) is 4.90 Å². The molecule has 0 aliphatic carbocycles. The number of carbonyl (C=O) groups is 1. The maximum absolute atomic E-state index is 13.4. The Morgan fingerprint density at radius 2 is 1.74 bits per heavy atom. The van der Waals surface area contributed by atoms with E-state index >= 15 is 0 Å². The molecule has 0 aliphatic rings. The summed E-state index contributed by atoms with van der Waals surface area (Å²) < 4.78 is 68.7. The molecule has 1 aromatic carbocycles. The van der Waals surface area contributed by atoms with Gasteiger partial charge in [-0.05, 0) is 17.5 Å². The number of nitrogens with zero attached hydrogens (tertiary/aromatic N) is 1. The fourth-order valence-electron chi connectivity index (χ4n) is 1.84. The maximum Gasteiger partial charge on any atom is 0.406 e. The summed E-state index contributed by atoms with van der Waals surface area (Å²) in [6.45, 7) is 2.73. The highest BCUT2D eigenvalue weighted by Crippen LogP contribution is 2.22. The Kier molecular flexibility index (Phi) is 5.96. The van der Waals surface area contributed by atoms with Gasteiger partial charge in [-0.15, -0.1) is 0 Å². The van der Waals surface area contributed by atoms with Crippen molar-refractivity contribution in [3.05, 3.63) is 29.8 Å². The zero-order chi connectivity index (χ0) is 17.8. The molecule has 0 heterocycles. The highest BCUT2D eigenvalue weighted by Gasteiger charge is 2.34. The van der Waals surface area contributed by atoms with E-state index in [4.69, 9.17) is 4.74 Å². The van der Waals surface area contributed by atoms with E-state index in [2.05, 4.69) is 0 Å². The molecule has 0 fully saturated rings. The van der Waals surface area contributed by atoms with E-state index in [1.807, 2.05) is 0 Å². The Morgan fingerprint density at radius 1 is 1.13 bits per heavy atom. The SMILES string of the molecule is CC(C)(C)CN(CC(F)(F)F)C(=O)COc1ccc(F)cc1F. The lowest BCUT2D eigenvalue weighted by atomic mass is 9.96. The number of hydrogen-bond acceptors (Lipinski definition) is 2. The largest absolute Gasteiger partial charge is 0.481 e. The summed E-state index contributed by atoms with van der Waals surface area (Å²) in [5.41, 5.74) is -0.554. The van der Waals surface area contributed by atoms with E-state index in [1.54, 1.807) is 20.8 Å². The van der Waals surface area contributed by atoms with Crippen LogP contribution in [0.5, 0.6) is 5.75 Å². The van der Waals surface area contributed by atoms with Crippen molar-refractivity contribution in [2.24, 2.45) is 5.41 Å². The zero-order valence-electron chi connectivity index (χ0n) is 13.0. The molecular weight excluding hydrogens is 321 g/mol. The van der Waals surface area contributed by atoms with Crippen molar-refractivity contribution in [2.75, 3.05) is 19.7 Å². The third-order valence-electron chi connectivity index (χ3n) is 2.63. The molecule has 23 heavy (non-hydrogen) atoms. The van der Waals surface area contributed by atoms with E-state index in [-0.39, 0.29) is 6.54 Å². The van der Waals surface area contributed by atoms with Gasteiger partial charge >= 0.3 is 6.18 Å². The lowest BCUT2D eigenvalue weighted by Crippen LogP contribution is -2.45. The van der Waals surface area contributed by atoms with Crippen molar-refractivity contribution in [1.29, 1.82) is 0 Å². The molecule has 0 saturated heterocycles. The average molecular weight is 339 g/mol. The number of benzene rings is 1. The number of carbonyl (C=O) groups excluding carboxylic acids is 1. The van der Waals surface area contributed by atoms with Crippen molar-refractivity contribution in [2.45, 2.75) is 26.9 Å². The Balaban J connectivity index is 2.76. The highest BCUT2D eigenvalue weighted by molar-refractivity contribution is 5.77. The van der Waals surface area contributed by atoms with Crippen LogP contribution >= 0.6 is 0 Å². The summed E-state index contributed by atoms with van der Waals surface area (Å²) in [7, 11) is 0. The lowest BCUT2D eigenvalue weighted by Gasteiger charge is -2.30. The third kappa shape index (κ3) is 7.30. The fourth-order valence-corrected chi connectivity index (χ4v) is 1.84. The molecule has 0 aromatic heterocycles. The molecule has 0 saturated carbocycles. The van der Waals surface area contributed by atoms with Gasteiger partial charge in [-0.1, -0.05) is 20.8 Å². The first-order valence-electron chi connectivity index (χ1n) is 6.80. The van der Waals surface area contributed by atoms with Crippen molar-refractivity contribution >= 4 is 5.91 Å². The maximum atomic E-state index is 13.4. The third-order valence-corrected chi connectivity index (χ3v) is 2.63. The molecule has 1 rings (SSSR count). The van der Waals surface area contributed by atoms with Gasteiger partial charge in [-0.3, -0.25) is 4.79 Å². The molecule has 0 aliphatic heterocycles. The Labute approximate surface area is 131 Å². The molecule has 0 bridgehead atoms. The first-order chi connectivity index (χ1) is 10.4. The molecule has 1 amide bonds. The quantitative estimate of drug-likeness (QED) is 0.764. The number of alkyl halides is 3. The summed E-state index contributed by atoms with van der Waals surface area (Å²) in [5, 5.41) is 0. The topological polar surface area (TPSA) is 29.5 Å². The first kappa shape index (κ1) is 19.2. The molecule has 0 spiro atoms. The fraction of sp³-hybridized carbons (Fsp3) is 0.533. The van der Waals surface area contributed by atoms with Crippen LogP contribution in [0.25, 0.3) is 0 Å². The number of amides is 1. The van der Waals surface area contributed by atoms with Gasteiger partial charge in [0.05, 0.1) is 0 Å². The zero-order valence-corrected chi connectivity index (χ0v) is 13.0. The van der Waals surface area contributed by atoms with Crippen molar-refractivity contribution in [3.8, 4) is 5.75 Å². The number of hydrogen-bond donors (Lipinski definition) is 0. The second-order valence-electron chi connectivity index (χ2n) is 6.29. The minimum absolute atomic E-state index is 0.138. The minimum Gasteiger partial charge on any atom is -0.481 e. The second-order valence-corrected chi connectivity index (χ2v) is 6.29. The monoisotopic (exact) mass is 339 g/mol. The summed E-state index contributed by atoms with van der Waals surface area (Å²) in [6, 6.07) is 2.45. The van der Waals surface area contributed by atoms with Gasteiger partial charge in [0.2, 0.25) is 0 Å². The molecule has 0 radical (unpaired) electrons. The predicted molar refractivity (Wildman–Crippen MR) is 73.9 cm³/mol. The van der Waals surface area contributed by atoms with Crippen LogP contribution in [0.15, 0.2) is 18.2 Å². The smallest absolute Gasteiger partial charge is 0.406 e. The number of halogens is 5. The van der Waals surface area contributed by atoms with Crippen LogP contribution in [0.2, 0.25) is 0 Å². The predicted octanol–water partition coefficient (Wildman–Crippen LogP) is 3.78. The average Bonchev–Trinajstić information content (AvgIpc) is 2.33. The van der Waals surface area contributed by atoms with E-state index in [1.165, 1.54) is 0 Å². The van der Waals surface area contributed by atoms with Gasteiger partial charge in [0.25, 0.3) is 5.91 Å². The number of ether oxygens (including phenoxy) is 1.